The monoisotopic (exact) mass is 381 g/mol. The van der Waals surface area contributed by atoms with Gasteiger partial charge >= 0.3 is 0 Å². The SMILES string of the molecule is CCCN1C(=O)CN(S(C)(=O)=O)C[C@]1(C)C(=O)NCc1ccc(C)cc1. The van der Waals surface area contributed by atoms with Gasteiger partial charge in [0.2, 0.25) is 21.8 Å². The molecule has 1 aliphatic heterocycles. The summed E-state index contributed by atoms with van der Waals surface area (Å²) in [4.78, 5) is 26.9. The predicted molar refractivity (Wildman–Crippen MR) is 99.9 cm³/mol. The molecule has 144 valence electrons. The van der Waals surface area contributed by atoms with Gasteiger partial charge in [0.15, 0.2) is 0 Å². The lowest BCUT2D eigenvalue weighted by molar-refractivity contribution is -0.152. The summed E-state index contributed by atoms with van der Waals surface area (Å²) in [6, 6.07) is 7.78. The number of benzene rings is 1. The van der Waals surface area contributed by atoms with Crippen molar-refractivity contribution < 1.29 is 18.0 Å². The highest BCUT2D eigenvalue weighted by Gasteiger charge is 2.48. The van der Waals surface area contributed by atoms with E-state index in [4.69, 9.17) is 0 Å². The summed E-state index contributed by atoms with van der Waals surface area (Å²) in [6.07, 6.45) is 1.74. The lowest BCUT2D eigenvalue weighted by Gasteiger charge is -2.46. The molecule has 1 heterocycles. The molecule has 0 spiro atoms. The maximum absolute atomic E-state index is 12.9. The summed E-state index contributed by atoms with van der Waals surface area (Å²) in [7, 11) is -3.57. The molecule has 1 aromatic rings. The number of carbonyl (C=O) groups excluding carboxylic acids is 2. The average Bonchev–Trinajstić information content (AvgIpc) is 2.56. The lowest BCUT2D eigenvalue weighted by atomic mass is 9.95. The number of hydrogen-bond donors (Lipinski definition) is 1. The van der Waals surface area contributed by atoms with E-state index < -0.39 is 15.6 Å². The fraction of sp³-hybridized carbons (Fsp3) is 0.556. The Morgan fingerprint density at radius 2 is 1.88 bits per heavy atom. The van der Waals surface area contributed by atoms with Crippen LogP contribution in [0.2, 0.25) is 0 Å². The fourth-order valence-corrected chi connectivity index (χ4v) is 3.93. The van der Waals surface area contributed by atoms with E-state index in [1.54, 1.807) is 6.92 Å². The van der Waals surface area contributed by atoms with Crippen LogP contribution in [0.3, 0.4) is 0 Å². The van der Waals surface area contributed by atoms with Crippen LogP contribution < -0.4 is 5.32 Å². The Bertz CT molecular complexity index is 776. The molecule has 0 aromatic heterocycles. The first-order valence-electron chi connectivity index (χ1n) is 8.67. The van der Waals surface area contributed by atoms with E-state index in [-0.39, 0.29) is 24.9 Å². The quantitative estimate of drug-likeness (QED) is 0.793. The first-order valence-corrected chi connectivity index (χ1v) is 10.5. The van der Waals surface area contributed by atoms with Crippen molar-refractivity contribution in [1.82, 2.24) is 14.5 Å². The van der Waals surface area contributed by atoms with Gasteiger partial charge in [-0.3, -0.25) is 9.59 Å². The van der Waals surface area contributed by atoms with Gasteiger partial charge in [-0.05, 0) is 25.8 Å². The minimum absolute atomic E-state index is 0.0443. The van der Waals surface area contributed by atoms with Crippen molar-refractivity contribution >= 4 is 21.8 Å². The third kappa shape index (κ3) is 4.42. The minimum atomic E-state index is -3.57. The van der Waals surface area contributed by atoms with Crippen molar-refractivity contribution in [3.8, 4) is 0 Å². The number of nitrogens with one attached hydrogen (secondary N) is 1. The molecule has 1 aliphatic rings. The summed E-state index contributed by atoms with van der Waals surface area (Å²) < 4.78 is 25.0. The molecule has 2 amide bonds. The van der Waals surface area contributed by atoms with Crippen LogP contribution in [0.4, 0.5) is 0 Å². The molecule has 1 N–H and O–H groups in total. The van der Waals surface area contributed by atoms with Gasteiger partial charge in [0.25, 0.3) is 0 Å². The second-order valence-electron chi connectivity index (χ2n) is 7.02. The summed E-state index contributed by atoms with van der Waals surface area (Å²) in [5, 5.41) is 2.86. The highest BCUT2D eigenvalue weighted by atomic mass is 32.2. The van der Waals surface area contributed by atoms with Crippen molar-refractivity contribution in [3.63, 3.8) is 0 Å². The number of nitrogens with zero attached hydrogens (tertiary/aromatic N) is 2. The number of aryl methyl sites for hydroxylation is 1. The van der Waals surface area contributed by atoms with E-state index in [0.717, 1.165) is 21.7 Å². The smallest absolute Gasteiger partial charge is 0.247 e. The topological polar surface area (TPSA) is 86.8 Å². The van der Waals surface area contributed by atoms with Crippen molar-refractivity contribution in [2.24, 2.45) is 0 Å². The third-order valence-corrected chi connectivity index (χ3v) is 5.87. The molecule has 0 bridgehead atoms. The van der Waals surface area contributed by atoms with Gasteiger partial charge in [0, 0.05) is 19.6 Å². The summed E-state index contributed by atoms with van der Waals surface area (Å²) in [5.41, 5.74) is 0.832. The third-order valence-electron chi connectivity index (χ3n) is 4.67. The van der Waals surface area contributed by atoms with E-state index in [9.17, 15) is 18.0 Å². The average molecular weight is 381 g/mol. The van der Waals surface area contributed by atoms with Crippen molar-refractivity contribution in [2.45, 2.75) is 39.3 Å². The van der Waals surface area contributed by atoms with Crippen LogP contribution in [-0.4, -0.2) is 60.9 Å². The Morgan fingerprint density at radius 1 is 1.27 bits per heavy atom. The zero-order chi connectivity index (χ0) is 19.5. The largest absolute Gasteiger partial charge is 0.350 e. The Kier molecular flexibility index (Phi) is 6.08. The van der Waals surface area contributed by atoms with Gasteiger partial charge in [-0.2, -0.15) is 4.31 Å². The van der Waals surface area contributed by atoms with E-state index in [2.05, 4.69) is 5.32 Å². The standard InChI is InChI=1S/C18H27N3O4S/c1-5-10-21-16(22)12-20(26(4,24)25)13-18(21,3)17(23)19-11-15-8-6-14(2)7-9-15/h6-9H,5,10-13H2,1-4H3,(H,19,23)/t18-/m1/s1. The van der Waals surface area contributed by atoms with Crippen molar-refractivity contribution in [1.29, 1.82) is 0 Å². The van der Waals surface area contributed by atoms with Crippen LogP contribution >= 0.6 is 0 Å². The first kappa shape index (κ1) is 20.4. The molecular formula is C18H27N3O4S. The zero-order valence-electron chi connectivity index (χ0n) is 15.8. The van der Waals surface area contributed by atoms with Gasteiger partial charge < -0.3 is 10.2 Å². The van der Waals surface area contributed by atoms with Crippen LogP contribution in [0, 0.1) is 6.92 Å². The summed E-state index contributed by atoms with van der Waals surface area (Å²) in [6.45, 7) is 5.99. The molecule has 7 nitrogen and oxygen atoms in total. The molecule has 0 aliphatic carbocycles. The minimum Gasteiger partial charge on any atom is -0.350 e. The zero-order valence-corrected chi connectivity index (χ0v) is 16.6. The molecule has 0 unspecified atom stereocenters. The molecule has 26 heavy (non-hydrogen) atoms. The van der Waals surface area contributed by atoms with E-state index in [1.165, 1.54) is 4.90 Å². The molecule has 1 saturated heterocycles. The molecule has 1 aromatic carbocycles. The number of carbonyl (C=O) groups is 2. The highest BCUT2D eigenvalue weighted by molar-refractivity contribution is 7.88. The normalized spacial score (nSPS) is 21.7. The summed E-state index contributed by atoms with van der Waals surface area (Å²) >= 11 is 0. The molecule has 0 saturated carbocycles. The van der Waals surface area contributed by atoms with E-state index in [1.807, 2.05) is 38.1 Å². The van der Waals surface area contributed by atoms with Crippen LogP contribution in [0.25, 0.3) is 0 Å². The second kappa shape index (κ2) is 7.75. The number of rotatable bonds is 6. The lowest BCUT2D eigenvalue weighted by Crippen LogP contribution is -2.69. The fourth-order valence-electron chi connectivity index (χ4n) is 3.10. The molecule has 8 heteroatoms. The summed E-state index contributed by atoms with van der Waals surface area (Å²) in [5.74, 6) is -0.704. The van der Waals surface area contributed by atoms with Crippen LogP contribution in [0.1, 0.15) is 31.4 Å². The van der Waals surface area contributed by atoms with Crippen molar-refractivity contribution in [2.75, 3.05) is 25.9 Å². The van der Waals surface area contributed by atoms with Crippen LogP contribution in [0.15, 0.2) is 24.3 Å². The predicted octanol–water partition coefficient (Wildman–Crippen LogP) is 0.884. The Balaban J connectivity index is 2.22. The van der Waals surface area contributed by atoms with Crippen LogP contribution in [-0.2, 0) is 26.2 Å². The highest BCUT2D eigenvalue weighted by Crippen LogP contribution is 2.25. The second-order valence-corrected chi connectivity index (χ2v) is 9.00. The Labute approximate surface area is 155 Å². The van der Waals surface area contributed by atoms with Gasteiger partial charge in [-0.1, -0.05) is 36.8 Å². The molecule has 1 atom stereocenters. The molecular weight excluding hydrogens is 354 g/mol. The maximum Gasteiger partial charge on any atom is 0.247 e. The van der Waals surface area contributed by atoms with Gasteiger partial charge in [-0.25, -0.2) is 8.42 Å². The number of amides is 2. The molecule has 1 fully saturated rings. The van der Waals surface area contributed by atoms with Gasteiger partial charge in [0.1, 0.15) is 5.54 Å². The molecule has 2 rings (SSSR count). The van der Waals surface area contributed by atoms with E-state index >= 15 is 0 Å². The van der Waals surface area contributed by atoms with Gasteiger partial charge in [0.05, 0.1) is 12.8 Å². The number of sulfonamides is 1. The Morgan fingerprint density at radius 3 is 2.42 bits per heavy atom. The maximum atomic E-state index is 12.9. The van der Waals surface area contributed by atoms with Gasteiger partial charge in [-0.15, -0.1) is 0 Å². The number of piperazine rings is 1. The number of hydrogen-bond acceptors (Lipinski definition) is 4. The van der Waals surface area contributed by atoms with Crippen LogP contribution in [0.5, 0.6) is 0 Å². The molecule has 0 radical (unpaired) electrons. The first-order chi connectivity index (χ1) is 12.1. The van der Waals surface area contributed by atoms with Crippen molar-refractivity contribution in [3.05, 3.63) is 35.4 Å². The van der Waals surface area contributed by atoms with E-state index in [0.29, 0.717) is 19.5 Å². The Hall–Kier alpha value is -1.93.